The molecule has 7 heteroatoms. The highest BCUT2D eigenvalue weighted by Crippen LogP contribution is 2.30. The zero-order valence-electron chi connectivity index (χ0n) is 14.5. The fourth-order valence-corrected chi connectivity index (χ4v) is 2.93. The topological polar surface area (TPSA) is 73.1 Å². The molecule has 0 unspecified atom stereocenters. The van der Waals surface area contributed by atoms with E-state index in [1.54, 1.807) is 18.2 Å². The van der Waals surface area contributed by atoms with Gasteiger partial charge in [-0.2, -0.15) is 0 Å². The van der Waals surface area contributed by atoms with Crippen molar-refractivity contribution in [1.82, 2.24) is 9.97 Å². The van der Waals surface area contributed by atoms with Gasteiger partial charge >= 0.3 is 0 Å². The van der Waals surface area contributed by atoms with Crippen molar-refractivity contribution in [3.63, 3.8) is 0 Å². The van der Waals surface area contributed by atoms with Crippen LogP contribution in [-0.2, 0) is 4.74 Å². The van der Waals surface area contributed by atoms with Crippen LogP contribution < -0.4 is 11.1 Å². The van der Waals surface area contributed by atoms with Gasteiger partial charge in [0.25, 0.3) is 0 Å². The lowest BCUT2D eigenvalue weighted by atomic mass is 9.89. The molecule has 3 aromatic rings. The van der Waals surface area contributed by atoms with Crippen LogP contribution in [0.1, 0.15) is 12.5 Å². The third-order valence-electron chi connectivity index (χ3n) is 4.35. The summed E-state index contributed by atoms with van der Waals surface area (Å²) in [5.74, 6) is 6.22. The third kappa shape index (κ3) is 3.39. The summed E-state index contributed by atoms with van der Waals surface area (Å²) in [5, 5.41) is 3.65. The first-order valence-electron chi connectivity index (χ1n) is 8.31. The molecule has 4 rings (SSSR count). The molecule has 1 aliphatic rings. The average Bonchev–Trinajstić information content (AvgIpc) is 2.63. The number of hydrogen-bond donors (Lipinski definition) is 2. The fraction of sp³-hybridized carbons (Fsp3) is 0.200. The van der Waals surface area contributed by atoms with Gasteiger partial charge in [0.2, 0.25) is 0 Å². The number of nitrogens with two attached hydrogens (primary N) is 1. The number of aromatic nitrogens is 2. The van der Waals surface area contributed by atoms with E-state index in [0.717, 1.165) is 0 Å². The van der Waals surface area contributed by atoms with Crippen molar-refractivity contribution in [1.29, 1.82) is 0 Å². The molecule has 2 heterocycles. The van der Waals surface area contributed by atoms with Gasteiger partial charge in [0, 0.05) is 16.6 Å². The Morgan fingerprint density at radius 2 is 2.11 bits per heavy atom. The molecule has 1 saturated heterocycles. The highest BCUT2D eigenvalue weighted by molar-refractivity contribution is 6.31. The highest BCUT2D eigenvalue weighted by atomic mass is 35.5. The maximum atomic E-state index is 14.2. The molecule has 0 spiro atoms. The molecule has 0 radical (unpaired) electrons. The number of anilines is 3. The van der Waals surface area contributed by atoms with Gasteiger partial charge in [-0.3, -0.25) is 0 Å². The lowest BCUT2D eigenvalue weighted by Crippen LogP contribution is -2.38. The Balaban J connectivity index is 1.73. The van der Waals surface area contributed by atoms with Crippen LogP contribution in [0.2, 0.25) is 5.02 Å². The summed E-state index contributed by atoms with van der Waals surface area (Å²) in [4.78, 5) is 8.50. The third-order valence-corrected chi connectivity index (χ3v) is 4.64. The second kappa shape index (κ2) is 6.69. The zero-order valence-corrected chi connectivity index (χ0v) is 15.3. The maximum Gasteiger partial charge on any atom is 0.165 e. The van der Waals surface area contributed by atoms with Crippen LogP contribution in [0.15, 0.2) is 36.7 Å². The standard InChI is InChI=1S/C20H16ClFN4O/c1-20(9-27-10-20)6-5-12-7-17-13(8-15(12)23)19(25-11-24-17)26-16-4-2-3-14(21)18(16)22/h2-4,7-8,11H,9-10,23H2,1H3,(H,24,25,26). The first-order chi connectivity index (χ1) is 13.0. The number of benzene rings is 2. The summed E-state index contributed by atoms with van der Waals surface area (Å²) < 4.78 is 19.4. The number of rotatable bonds is 2. The van der Waals surface area contributed by atoms with Crippen molar-refractivity contribution in [2.75, 3.05) is 24.3 Å². The zero-order chi connectivity index (χ0) is 19.0. The lowest BCUT2D eigenvalue weighted by Gasteiger charge is -2.32. The van der Waals surface area contributed by atoms with Crippen molar-refractivity contribution in [3.05, 3.63) is 53.1 Å². The van der Waals surface area contributed by atoms with E-state index in [1.165, 1.54) is 12.4 Å². The first-order valence-corrected chi connectivity index (χ1v) is 8.69. The van der Waals surface area contributed by atoms with Gasteiger partial charge < -0.3 is 15.8 Å². The summed E-state index contributed by atoms with van der Waals surface area (Å²) in [6.45, 7) is 3.29. The van der Waals surface area contributed by atoms with Gasteiger partial charge in [-0.05, 0) is 31.2 Å². The number of nitrogens with one attached hydrogen (secondary N) is 1. The number of halogens is 2. The van der Waals surface area contributed by atoms with Crippen molar-refractivity contribution in [2.24, 2.45) is 5.41 Å². The first kappa shape index (κ1) is 17.5. The van der Waals surface area contributed by atoms with Gasteiger partial charge in [0.05, 0.1) is 34.9 Å². The molecule has 0 amide bonds. The van der Waals surface area contributed by atoms with E-state index in [-0.39, 0.29) is 16.1 Å². The van der Waals surface area contributed by atoms with Crippen LogP contribution in [0.3, 0.4) is 0 Å². The van der Waals surface area contributed by atoms with E-state index in [2.05, 4.69) is 27.1 Å². The minimum Gasteiger partial charge on any atom is -0.398 e. The monoisotopic (exact) mass is 382 g/mol. The van der Waals surface area contributed by atoms with E-state index in [0.29, 0.717) is 41.2 Å². The molecule has 1 aromatic heterocycles. The van der Waals surface area contributed by atoms with E-state index in [4.69, 9.17) is 22.1 Å². The second-order valence-corrected chi connectivity index (χ2v) is 7.12. The molecule has 0 aliphatic carbocycles. The molecule has 2 aromatic carbocycles. The van der Waals surface area contributed by atoms with Crippen LogP contribution in [0.5, 0.6) is 0 Å². The summed E-state index contributed by atoms with van der Waals surface area (Å²) >= 11 is 5.84. The summed E-state index contributed by atoms with van der Waals surface area (Å²) in [6.07, 6.45) is 1.40. The van der Waals surface area contributed by atoms with Crippen LogP contribution in [0, 0.1) is 23.1 Å². The van der Waals surface area contributed by atoms with Gasteiger partial charge in [0.15, 0.2) is 5.82 Å². The van der Waals surface area contributed by atoms with Crippen molar-refractivity contribution >= 4 is 39.7 Å². The molecule has 136 valence electrons. The normalized spacial score (nSPS) is 14.9. The number of nitrogen functional groups attached to an aromatic ring is 1. The minimum atomic E-state index is -0.544. The second-order valence-electron chi connectivity index (χ2n) is 6.71. The van der Waals surface area contributed by atoms with Crippen LogP contribution >= 0.6 is 11.6 Å². The average molecular weight is 383 g/mol. The van der Waals surface area contributed by atoms with E-state index >= 15 is 0 Å². The Bertz CT molecular complexity index is 1100. The number of ether oxygens (including phenoxy) is 1. The molecular formula is C20H16ClFN4O. The Kier molecular flexibility index (Phi) is 4.34. The molecule has 5 nitrogen and oxygen atoms in total. The molecule has 3 N–H and O–H groups in total. The Morgan fingerprint density at radius 3 is 2.85 bits per heavy atom. The maximum absolute atomic E-state index is 14.2. The van der Waals surface area contributed by atoms with Crippen molar-refractivity contribution in [3.8, 4) is 11.8 Å². The minimum absolute atomic E-state index is 0.0314. The quantitative estimate of drug-likeness (QED) is 0.515. The Morgan fingerprint density at radius 1 is 1.30 bits per heavy atom. The van der Waals surface area contributed by atoms with E-state index in [9.17, 15) is 4.39 Å². The molecular weight excluding hydrogens is 367 g/mol. The fourth-order valence-electron chi connectivity index (χ4n) is 2.75. The summed E-state index contributed by atoms with van der Waals surface area (Å²) in [6, 6.07) is 8.27. The highest BCUT2D eigenvalue weighted by Gasteiger charge is 2.31. The van der Waals surface area contributed by atoms with Gasteiger partial charge in [0.1, 0.15) is 12.1 Å². The number of fused-ring (bicyclic) bond motifs is 1. The smallest absolute Gasteiger partial charge is 0.165 e. The van der Waals surface area contributed by atoms with E-state index in [1.807, 2.05) is 13.0 Å². The van der Waals surface area contributed by atoms with Crippen molar-refractivity contribution < 1.29 is 9.13 Å². The van der Waals surface area contributed by atoms with Gasteiger partial charge in [-0.15, -0.1) is 0 Å². The predicted octanol–water partition coefficient (Wildman–Crippen LogP) is 4.14. The van der Waals surface area contributed by atoms with Crippen LogP contribution in [-0.4, -0.2) is 23.2 Å². The molecule has 0 saturated carbocycles. The Labute approximate surface area is 160 Å². The predicted molar refractivity (Wildman–Crippen MR) is 104 cm³/mol. The Hall–Kier alpha value is -2.88. The number of nitrogens with zero attached hydrogens (tertiary/aromatic N) is 2. The van der Waals surface area contributed by atoms with Crippen LogP contribution in [0.4, 0.5) is 21.6 Å². The molecule has 27 heavy (non-hydrogen) atoms. The van der Waals surface area contributed by atoms with E-state index < -0.39 is 5.82 Å². The van der Waals surface area contributed by atoms with Gasteiger partial charge in [-0.1, -0.05) is 29.5 Å². The molecule has 1 fully saturated rings. The lowest BCUT2D eigenvalue weighted by molar-refractivity contribution is -0.0648. The molecule has 0 atom stereocenters. The summed E-state index contributed by atoms with van der Waals surface area (Å²) in [7, 11) is 0. The molecule has 1 aliphatic heterocycles. The largest absolute Gasteiger partial charge is 0.398 e. The SMILES string of the molecule is CC1(C#Cc2cc3ncnc(Nc4cccc(Cl)c4F)c3cc2N)COC1. The summed E-state index contributed by atoms with van der Waals surface area (Å²) in [5.41, 5.74) is 8.12. The molecule has 0 bridgehead atoms. The van der Waals surface area contributed by atoms with Crippen molar-refractivity contribution in [2.45, 2.75) is 6.92 Å². The number of hydrogen-bond acceptors (Lipinski definition) is 5. The van der Waals surface area contributed by atoms with Gasteiger partial charge in [-0.25, -0.2) is 14.4 Å². The van der Waals surface area contributed by atoms with Crippen LogP contribution in [0.25, 0.3) is 10.9 Å².